The number of ether oxygens (including phenoxy) is 3. The molecule has 5 rings (SSSR count). The van der Waals surface area contributed by atoms with Gasteiger partial charge in [0.25, 0.3) is 5.91 Å². The summed E-state index contributed by atoms with van der Waals surface area (Å²) in [5.74, 6) is 0.460. The Morgan fingerprint density at radius 2 is 1.80 bits per heavy atom. The molecule has 2 atom stereocenters. The van der Waals surface area contributed by atoms with Crippen LogP contribution in [0.25, 0.3) is 0 Å². The van der Waals surface area contributed by atoms with E-state index in [1.54, 1.807) is 12.0 Å². The third-order valence-corrected chi connectivity index (χ3v) is 6.48. The van der Waals surface area contributed by atoms with E-state index in [4.69, 9.17) is 14.2 Å². The van der Waals surface area contributed by atoms with E-state index in [1.807, 2.05) is 42.5 Å². The third-order valence-electron chi connectivity index (χ3n) is 6.48. The fraction of sp³-hybridized carbons (Fsp3) is 0.259. The molecule has 2 heterocycles. The van der Waals surface area contributed by atoms with Crippen LogP contribution < -0.4 is 19.5 Å². The van der Waals surface area contributed by atoms with Gasteiger partial charge in [-0.15, -0.1) is 0 Å². The molecular weight excluding hydrogens is 451 g/mol. The van der Waals surface area contributed by atoms with Crippen LogP contribution in [0.1, 0.15) is 27.4 Å². The van der Waals surface area contributed by atoms with Crippen molar-refractivity contribution in [2.75, 3.05) is 27.0 Å². The number of methoxy groups -OCH3 is 1. The van der Waals surface area contributed by atoms with E-state index in [9.17, 15) is 14.0 Å². The summed E-state index contributed by atoms with van der Waals surface area (Å²) in [7, 11) is 1.59. The van der Waals surface area contributed by atoms with Gasteiger partial charge >= 0.3 is 0 Å². The highest BCUT2D eigenvalue weighted by Crippen LogP contribution is 2.38. The fourth-order valence-electron chi connectivity index (χ4n) is 4.67. The van der Waals surface area contributed by atoms with E-state index in [0.29, 0.717) is 35.9 Å². The summed E-state index contributed by atoms with van der Waals surface area (Å²) in [6, 6.07) is 18.5. The second-order valence-electron chi connectivity index (χ2n) is 8.58. The maximum Gasteiger partial charge on any atom is 0.253 e. The Labute approximate surface area is 202 Å². The smallest absolute Gasteiger partial charge is 0.253 e. The molecule has 0 aliphatic carbocycles. The van der Waals surface area contributed by atoms with Crippen molar-refractivity contribution in [2.45, 2.75) is 12.5 Å². The number of likely N-dealkylation sites (tertiary alicyclic amines) is 1. The van der Waals surface area contributed by atoms with Crippen LogP contribution >= 0.6 is 0 Å². The van der Waals surface area contributed by atoms with E-state index in [2.05, 4.69) is 5.32 Å². The first-order valence-corrected chi connectivity index (χ1v) is 11.4. The molecule has 2 aliphatic rings. The molecule has 0 aromatic heterocycles. The molecule has 0 saturated carbocycles. The predicted molar refractivity (Wildman–Crippen MR) is 126 cm³/mol. The second kappa shape index (κ2) is 9.66. The standard InChI is InChI=1S/C27H25FN2O5/c1-33-23-5-3-2-4-20(23)21-14-30(27(32)18-7-9-19(28)10-8-18)15-22(21)26(31)29-13-17-6-11-24-25(12-17)35-16-34-24/h2-12,21-22H,13-16H2,1H3,(H,29,31)/t21-,22+/m0/s1. The van der Waals surface area contributed by atoms with Crippen molar-refractivity contribution in [1.29, 1.82) is 0 Å². The van der Waals surface area contributed by atoms with Crippen LogP contribution in [-0.4, -0.2) is 43.7 Å². The lowest BCUT2D eigenvalue weighted by Crippen LogP contribution is -2.35. The molecule has 1 saturated heterocycles. The molecule has 35 heavy (non-hydrogen) atoms. The molecule has 1 fully saturated rings. The highest BCUT2D eigenvalue weighted by Gasteiger charge is 2.41. The number of nitrogens with one attached hydrogen (secondary N) is 1. The molecular formula is C27H25FN2O5. The Kier molecular flexibility index (Phi) is 6.27. The Morgan fingerprint density at radius 3 is 2.60 bits per heavy atom. The number of halogens is 1. The average molecular weight is 477 g/mol. The second-order valence-corrected chi connectivity index (χ2v) is 8.58. The first-order chi connectivity index (χ1) is 17.0. The minimum absolute atomic E-state index is 0.159. The molecule has 180 valence electrons. The highest BCUT2D eigenvalue weighted by atomic mass is 19.1. The lowest BCUT2D eigenvalue weighted by atomic mass is 9.87. The molecule has 2 amide bonds. The zero-order valence-corrected chi connectivity index (χ0v) is 19.2. The summed E-state index contributed by atoms with van der Waals surface area (Å²) >= 11 is 0. The summed E-state index contributed by atoms with van der Waals surface area (Å²) in [5.41, 5.74) is 2.13. The molecule has 8 heteroatoms. The van der Waals surface area contributed by atoms with Gasteiger partial charge in [0.1, 0.15) is 11.6 Å². The van der Waals surface area contributed by atoms with Gasteiger partial charge in [0.2, 0.25) is 12.7 Å². The van der Waals surface area contributed by atoms with E-state index in [1.165, 1.54) is 24.3 Å². The van der Waals surface area contributed by atoms with Crippen LogP contribution in [0.2, 0.25) is 0 Å². The summed E-state index contributed by atoms with van der Waals surface area (Å²) < 4.78 is 29.7. The Hall–Kier alpha value is -4.07. The zero-order chi connectivity index (χ0) is 24.4. The van der Waals surface area contributed by atoms with Gasteiger partial charge in [0, 0.05) is 31.1 Å². The van der Waals surface area contributed by atoms with Crippen molar-refractivity contribution in [3.05, 3.63) is 89.2 Å². The quantitative estimate of drug-likeness (QED) is 0.587. The summed E-state index contributed by atoms with van der Waals surface area (Å²) in [6.07, 6.45) is 0. The largest absolute Gasteiger partial charge is 0.496 e. The number of rotatable bonds is 6. The van der Waals surface area contributed by atoms with Crippen molar-refractivity contribution in [2.24, 2.45) is 5.92 Å². The number of carbonyl (C=O) groups excluding carboxylic acids is 2. The van der Waals surface area contributed by atoms with Gasteiger partial charge in [-0.25, -0.2) is 4.39 Å². The Morgan fingerprint density at radius 1 is 1.03 bits per heavy atom. The van der Waals surface area contributed by atoms with Crippen LogP contribution in [0.3, 0.4) is 0 Å². The highest BCUT2D eigenvalue weighted by molar-refractivity contribution is 5.95. The van der Waals surface area contributed by atoms with E-state index >= 15 is 0 Å². The number of carbonyl (C=O) groups is 2. The maximum atomic E-state index is 13.4. The molecule has 0 spiro atoms. The fourth-order valence-corrected chi connectivity index (χ4v) is 4.67. The topological polar surface area (TPSA) is 77.1 Å². The number of para-hydroxylation sites is 1. The summed E-state index contributed by atoms with van der Waals surface area (Å²) in [4.78, 5) is 28.2. The van der Waals surface area contributed by atoms with Crippen LogP contribution in [-0.2, 0) is 11.3 Å². The molecule has 2 aliphatic heterocycles. The van der Waals surface area contributed by atoms with Crippen molar-refractivity contribution < 1.29 is 28.2 Å². The maximum absolute atomic E-state index is 13.4. The number of nitrogens with zero attached hydrogens (tertiary/aromatic N) is 1. The Bertz CT molecular complexity index is 1250. The zero-order valence-electron chi connectivity index (χ0n) is 19.2. The average Bonchev–Trinajstić information content (AvgIpc) is 3.54. The number of hydrogen-bond donors (Lipinski definition) is 1. The van der Waals surface area contributed by atoms with Gasteiger partial charge in [0.05, 0.1) is 13.0 Å². The number of amides is 2. The minimum atomic E-state index is -0.482. The number of fused-ring (bicyclic) bond motifs is 1. The van der Waals surface area contributed by atoms with Gasteiger partial charge in [-0.05, 0) is 53.6 Å². The molecule has 7 nitrogen and oxygen atoms in total. The molecule has 0 radical (unpaired) electrons. The predicted octanol–water partition coefficient (Wildman–Crippen LogP) is 3.74. The van der Waals surface area contributed by atoms with E-state index in [-0.39, 0.29) is 31.1 Å². The molecule has 0 unspecified atom stereocenters. The number of hydrogen-bond acceptors (Lipinski definition) is 5. The molecule has 1 N–H and O–H groups in total. The van der Waals surface area contributed by atoms with Crippen LogP contribution in [0, 0.1) is 11.7 Å². The molecule has 0 bridgehead atoms. The normalized spacial score (nSPS) is 18.4. The summed E-state index contributed by atoms with van der Waals surface area (Å²) in [5, 5.41) is 3.01. The third kappa shape index (κ3) is 4.64. The van der Waals surface area contributed by atoms with Crippen molar-refractivity contribution in [3.8, 4) is 17.2 Å². The van der Waals surface area contributed by atoms with Gasteiger partial charge in [-0.2, -0.15) is 0 Å². The van der Waals surface area contributed by atoms with Crippen molar-refractivity contribution in [3.63, 3.8) is 0 Å². The van der Waals surface area contributed by atoms with Crippen LogP contribution in [0.15, 0.2) is 66.7 Å². The van der Waals surface area contributed by atoms with E-state index in [0.717, 1.165) is 11.1 Å². The lowest BCUT2D eigenvalue weighted by Gasteiger charge is -2.20. The van der Waals surface area contributed by atoms with Crippen molar-refractivity contribution in [1.82, 2.24) is 10.2 Å². The van der Waals surface area contributed by atoms with E-state index < -0.39 is 11.7 Å². The Balaban J connectivity index is 1.36. The van der Waals surface area contributed by atoms with Gasteiger partial charge in [0.15, 0.2) is 11.5 Å². The summed E-state index contributed by atoms with van der Waals surface area (Å²) in [6.45, 7) is 1.09. The molecule has 3 aromatic carbocycles. The molecule has 3 aromatic rings. The first-order valence-electron chi connectivity index (χ1n) is 11.4. The van der Waals surface area contributed by atoms with Crippen LogP contribution in [0.4, 0.5) is 4.39 Å². The SMILES string of the molecule is COc1ccccc1[C@@H]1CN(C(=O)c2ccc(F)cc2)C[C@H]1C(=O)NCc1ccc2c(c1)OCO2. The van der Waals surface area contributed by atoms with Gasteiger partial charge < -0.3 is 24.4 Å². The lowest BCUT2D eigenvalue weighted by molar-refractivity contribution is -0.125. The van der Waals surface area contributed by atoms with Crippen LogP contribution in [0.5, 0.6) is 17.2 Å². The first kappa shape index (κ1) is 22.7. The monoisotopic (exact) mass is 476 g/mol. The van der Waals surface area contributed by atoms with Gasteiger partial charge in [-0.1, -0.05) is 24.3 Å². The van der Waals surface area contributed by atoms with Gasteiger partial charge in [-0.3, -0.25) is 9.59 Å². The minimum Gasteiger partial charge on any atom is -0.496 e. The van der Waals surface area contributed by atoms with Crippen molar-refractivity contribution >= 4 is 11.8 Å². The number of benzene rings is 3.